The molecule has 0 radical (unpaired) electrons. The number of benzene rings is 2. The van der Waals surface area contributed by atoms with Crippen molar-refractivity contribution in [1.82, 2.24) is 14.9 Å². The number of aromatic nitrogens is 2. The van der Waals surface area contributed by atoms with Gasteiger partial charge in [-0.3, -0.25) is 4.79 Å². The number of ether oxygens (including phenoxy) is 1. The molecule has 0 bridgehead atoms. The van der Waals surface area contributed by atoms with Crippen LogP contribution in [0, 0.1) is 0 Å². The molecule has 1 saturated carbocycles. The Bertz CT molecular complexity index is 928. The molecule has 5 heteroatoms. The molecule has 1 N–H and O–H groups in total. The predicted octanol–water partition coefficient (Wildman–Crippen LogP) is 3.99. The standard InChI is InChI=1S/C22H23N3O2/c1-25(22(12-13-22)14-27-2)21(26)18-10-8-17(9-11-18)20-19(23-15-24-20)16-6-4-3-5-7-16/h3-11,15H,12-14H2,1-2H3,(H,23,24). The smallest absolute Gasteiger partial charge is 0.254 e. The summed E-state index contributed by atoms with van der Waals surface area (Å²) in [5, 5.41) is 0. The Kier molecular flexibility index (Phi) is 4.54. The van der Waals surface area contributed by atoms with Gasteiger partial charge in [-0.1, -0.05) is 42.5 Å². The summed E-state index contributed by atoms with van der Waals surface area (Å²) >= 11 is 0. The molecule has 0 aliphatic heterocycles. The van der Waals surface area contributed by atoms with Crippen LogP contribution in [0.5, 0.6) is 0 Å². The summed E-state index contributed by atoms with van der Waals surface area (Å²) in [6, 6.07) is 17.8. The highest BCUT2D eigenvalue weighted by Crippen LogP contribution is 2.41. The number of hydrogen-bond acceptors (Lipinski definition) is 3. The Hall–Kier alpha value is -2.92. The second-order valence-electron chi connectivity index (χ2n) is 7.09. The number of methoxy groups -OCH3 is 1. The van der Waals surface area contributed by atoms with Crippen LogP contribution in [0.25, 0.3) is 22.5 Å². The van der Waals surface area contributed by atoms with Gasteiger partial charge in [0.15, 0.2) is 0 Å². The fourth-order valence-electron chi connectivity index (χ4n) is 3.51. The molecule has 27 heavy (non-hydrogen) atoms. The van der Waals surface area contributed by atoms with Crippen molar-refractivity contribution in [3.05, 3.63) is 66.5 Å². The number of aromatic amines is 1. The molecule has 1 fully saturated rings. The van der Waals surface area contributed by atoms with E-state index >= 15 is 0 Å². The first-order valence-corrected chi connectivity index (χ1v) is 9.11. The van der Waals surface area contributed by atoms with Crippen LogP contribution in [0.1, 0.15) is 23.2 Å². The molecule has 5 nitrogen and oxygen atoms in total. The normalized spacial score (nSPS) is 14.7. The number of imidazole rings is 1. The lowest BCUT2D eigenvalue weighted by Gasteiger charge is -2.27. The first kappa shape index (κ1) is 17.5. The zero-order valence-electron chi connectivity index (χ0n) is 15.6. The summed E-state index contributed by atoms with van der Waals surface area (Å²) in [6.45, 7) is 0.585. The van der Waals surface area contributed by atoms with Gasteiger partial charge >= 0.3 is 0 Å². The van der Waals surface area contributed by atoms with Crippen LogP contribution in [0.15, 0.2) is 60.9 Å². The number of rotatable bonds is 6. The van der Waals surface area contributed by atoms with E-state index in [0.717, 1.165) is 35.4 Å². The molecule has 4 rings (SSSR count). The summed E-state index contributed by atoms with van der Waals surface area (Å²) < 4.78 is 5.29. The van der Waals surface area contributed by atoms with E-state index in [0.29, 0.717) is 12.2 Å². The second kappa shape index (κ2) is 7.00. The van der Waals surface area contributed by atoms with E-state index in [9.17, 15) is 4.79 Å². The Morgan fingerprint density at radius 2 is 1.81 bits per heavy atom. The van der Waals surface area contributed by atoms with E-state index in [-0.39, 0.29) is 11.4 Å². The van der Waals surface area contributed by atoms with E-state index in [1.807, 2.05) is 66.5 Å². The van der Waals surface area contributed by atoms with E-state index < -0.39 is 0 Å². The quantitative estimate of drug-likeness (QED) is 0.722. The van der Waals surface area contributed by atoms with Crippen LogP contribution in [0.3, 0.4) is 0 Å². The Labute approximate surface area is 159 Å². The number of amides is 1. The molecule has 1 aromatic heterocycles. The zero-order chi connectivity index (χ0) is 18.9. The zero-order valence-corrected chi connectivity index (χ0v) is 15.6. The van der Waals surface area contributed by atoms with Crippen LogP contribution >= 0.6 is 0 Å². The minimum Gasteiger partial charge on any atom is -0.382 e. The van der Waals surface area contributed by atoms with E-state index in [1.165, 1.54) is 0 Å². The molecular weight excluding hydrogens is 338 g/mol. The van der Waals surface area contributed by atoms with E-state index in [2.05, 4.69) is 9.97 Å². The highest BCUT2D eigenvalue weighted by Gasteiger charge is 2.48. The maximum atomic E-state index is 12.8. The topological polar surface area (TPSA) is 58.2 Å². The number of hydrogen-bond donors (Lipinski definition) is 1. The maximum absolute atomic E-state index is 12.8. The van der Waals surface area contributed by atoms with Crippen molar-refractivity contribution in [2.24, 2.45) is 0 Å². The average Bonchev–Trinajstić information content (AvgIpc) is 3.33. The molecule has 0 spiro atoms. The van der Waals surface area contributed by atoms with Crippen molar-refractivity contribution >= 4 is 5.91 Å². The predicted molar refractivity (Wildman–Crippen MR) is 105 cm³/mol. The molecule has 0 atom stereocenters. The summed E-state index contributed by atoms with van der Waals surface area (Å²) in [5.74, 6) is 0.0315. The third kappa shape index (κ3) is 3.26. The average molecular weight is 361 g/mol. The summed E-state index contributed by atoms with van der Waals surface area (Å²) in [7, 11) is 3.55. The largest absolute Gasteiger partial charge is 0.382 e. The molecular formula is C22H23N3O2. The minimum atomic E-state index is -0.131. The maximum Gasteiger partial charge on any atom is 0.254 e. The SMILES string of the molecule is COCC1(N(C)C(=O)c2ccc(-c3[nH]cnc3-c3ccccc3)cc2)CC1. The summed E-state index contributed by atoms with van der Waals surface area (Å²) in [4.78, 5) is 22.4. The van der Waals surface area contributed by atoms with Gasteiger partial charge in [-0.05, 0) is 25.0 Å². The van der Waals surface area contributed by atoms with Crippen molar-refractivity contribution < 1.29 is 9.53 Å². The molecule has 138 valence electrons. The second-order valence-corrected chi connectivity index (χ2v) is 7.09. The van der Waals surface area contributed by atoms with Crippen LogP contribution in [0.2, 0.25) is 0 Å². The first-order valence-electron chi connectivity index (χ1n) is 9.11. The van der Waals surface area contributed by atoms with Crippen molar-refractivity contribution in [3.63, 3.8) is 0 Å². The van der Waals surface area contributed by atoms with E-state index in [1.54, 1.807) is 13.4 Å². The van der Waals surface area contributed by atoms with E-state index in [4.69, 9.17) is 4.74 Å². The van der Waals surface area contributed by atoms with Gasteiger partial charge in [0, 0.05) is 30.8 Å². The van der Waals surface area contributed by atoms with Gasteiger partial charge in [-0.2, -0.15) is 0 Å². The number of nitrogens with zero attached hydrogens (tertiary/aromatic N) is 2. The fraction of sp³-hybridized carbons (Fsp3) is 0.273. The fourth-order valence-corrected chi connectivity index (χ4v) is 3.51. The van der Waals surface area contributed by atoms with Crippen LogP contribution in [-0.4, -0.2) is 47.1 Å². The lowest BCUT2D eigenvalue weighted by Crippen LogP contribution is -2.42. The van der Waals surface area contributed by atoms with Crippen LogP contribution in [0.4, 0.5) is 0 Å². The van der Waals surface area contributed by atoms with Gasteiger partial charge in [-0.25, -0.2) is 4.98 Å². The van der Waals surface area contributed by atoms with Gasteiger partial charge in [0.2, 0.25) is 0 Å². The molecule has 1 amide bonds. The molecule has 0 saturated heterocycles. The van der Waals surface area contributed by atoms with Crippen LogP contribution in [-0.2, 0) is 4.74 Å². The minimum absolute atomic E-state index is 0.0315. The van der Waals surface area contributed by atoms with Gasteiger partial charge < -0.3 is 14.6 Å². The Balaban J connectivity index is 1.57. The lowest BCUT2D eigenvalue weighted by atomic mass is 10.0. The molecule has 1 heterocycles. The van der Waals surface area contributed by atoms with Gasteiger partial charge in [0.1, 0.15) is 0 Å². The highest BCUT2D eigenvalue weighted by molar-refractivity contribution is 5.95. The van der Waals surface area contributed by atoms with Crippen molar-refractivity contribution in [2.45, 2.75) is 18.4 Å². The van der Waals surface area contributed by atoms with Gasteiger partial charge in [0.05, 0.1) is 29.9 Å². The molecule has 2 aromatic carbocycles. The molecule has 0 unspecified atom stereocenters. The lowest BCUT2D eigenvalue weighted by molar-refractivity contribution is 0.0551. The van der Waals surface area contributed by atoms with Gasteiger partial charge in [-0.15, -0.1) is 0 Å². The van der Waals surface area contributed by atoms with Crippen molar-refractivity contribution in [2.75, 3.05) is 20.8 Å². The number of carbonyl (C=O) groups excluding carboxylic acids is 1. The first-order chi connectivity index (χ1) is 13.1. The highest BCUT2D eigenvalue weighted by atomic mass is 16.5. The third-order valence-electron chi connectivity index (χ3n) is 5.36. The molecule has 1 aliphatic carbocycles. The third-order valence-corrected chi connectivity index (χ3v) is 5.36. The number of likely N-dealkylation sites (N-methyl/N-ethyl adjacent to an activating group) is 1. The Morgan fingerprint density at radius 3 is 2.44 bits per heavy atom. The Morgan fingerprint density at radius 1 is 1.11 bits per heavy atom. The number of H-pyrrole nitrogens is 1. The molecule has 3 aromatic rings. The monoisotopic (exact) mass is 361 g/mol. The van der Waals surface area contributed by atoms with Crippen molar-refractivity contribution in [1.29, 1.82) is 0 Å². The number of carbonyl (C=O) groups is 1. The molecule has 1 aliphatic rings. The summed E-state index contributed by atoms with van der Waals surface area (Å²) in [5.41, 5.74) is 4.47. The van der Waals surface area contributed by atoms with Crippen LogP contribution < -0.4 is 0 Å². The van der Waals surface area contributed by atoms with Gasteiger partial charge in [0.25, 0.3) is 5.91 Å². The number of nitrogens with one attached hydrogen (secondary N) is 1. The van der Waals surface area contributed by atoms with Crippen molar-refractivity contribution in [3.8, 4) is 22.5 Å². The summed E-state index contributed by atoms with van der Waals surface area (Å²) in [6.07, 6.45) is 3.69.